The van der Waals surface area contributed by atoms with Crippen LogP contribution in [0.25, 0.3) is 5.52 Å². The maximum absolute atomic E-state index is 13.0. The van der Waals surface area contributed by atoms with Gasteiger partial charge in [-0.25, -0.2) is 4.52 Å². The van der Waals surface area contributed by atoms with Crippen molar-refractivity contribution in [3.8, 4) is 0 Å². The molecule has 7 nitrogen and oxygen atoms in total. The zero-order valence-electron chi connectivity index (χ0n) is 15.3. The second kappa shape index (κ2) is 6.72. The summed E-state index contributed by atoms with van der Waals surface area (Å²) in [6.45, 7) is 3.20. The van der Waals surface area contributed by atoms with Crippen LogP contribution in [0.15, 0.2) is 30.6 Å². The highest BCUT2D eigenvalue weighted by molar-refractivity contribution is 6.00. The second-order valence-electron chi connectivity index (χ2n) is 7.47. The lowest BCUT2D eigenvalue weighted by Gasteiger charge is -2.26. The summed E-state index contributed by atoms with van der Waals surface area (Å²) in [4.78, 5) is 31.7. The van der Waals surface area contributed by atoms with Crippen LogP contribution in [-0.2, 0) is 4.79 Å². The topological polar surface area (TPSA) is 61.2 Å². The molecule has 1 unspecified atom stereocenters. The molecule has 0 saturated carbocycles. The van der Waals surface area contributed by atoms with Gasteiger partial charge in [0.15, 0.2) is 0 Å². The molecule has 7 heteroatoms. The van der Waals surface area contributed by atoms with Crippen LogP contribution in [-0.4, -0.2) is 82.4 Å². The van der Waals surface area contributed by atoms with Gasteiger partial charge in [-0.1, -0.05) is 0 Å². The van der Waals surface area contributed by atoms with Crippen molar-refractivity contribution in [2.45, 2.75) is 18.9 Å². The highest BCUT2D eigenvalue weighted by Gasteiger charge is 2.36. The summed E-state index contributed by atoms with van der Waals surface area (Å²) >= 11 is 0. The molecule has 138 valence electrons. The van der Waals surface area contributed by atoms with Crippen LogP contribution in [0, 0.1) is 5.92 Å². The van der Waals surface area contributed by atoms with E-state index in [0.717, 1.165) is 38.0 Å². The van der Waals surface area contributed by atoms with Gasteiger partial charge >= 0.3 is 0 Å². The van der Waals surface area contributed by atoms with E-state index in [1.54, 1.807) is 15.6 Å². The van der Waals surface area contributed by atoms with Crippen LogP contribution in [0.1, 0.15) is 23.2 Å². The Balaban J connectivity index is 1.44. The standard InChI is InChI=1S/C19H25N5O2/c1-21-10-6-14(12-21)18(25)23-11-7-15(13-23)22(2)19(26)16-4-3-9-24-17(16)5-8-20-24/h3-5,8-9,14-15H,6-7,10-13H2,1-2H3/t14-,15?/m0/s1. The van der Waals surface area contributed by atoms with Crippen molar-refractivity contribution in [1.29, 1.82) is 0 Å². The number of likely N-dealkylation sites (tertiary alicyclic amines) is 2. The SMILES string of the molecule is CN1CC[C@H](C(=O)N2CCC(N(C)C(=O)c3cccn4nccc34)C2)C1. The van der Waals surface area contributed by atoms with E-state index in [0.29, 0.717) is 12.1 Å². The molecule has 2 fully saturated rings. The Labute approximate surface area is 153 Å². The third-order valence-corrected chi connectivity index (χ3v) is 5.75. The van der Waals surface area contributed by atoms with Gasteiger partial charge in [-0.05, 0) is 44.6 Å². The lowest BCUT2D eigenvalue weighted by molar-refractivity contribution is -0.134. The van der Waals surface area contributed by atoms with Crippen LogP contribution < -0.4 is 0 Å². The minimum Gasteiger partial charge on any atom is -0.340 e. The van der Waals surface area contributed by atoms with Crippen molar-refractivity contribution >= 4 is 17.3 Å². The number of hydrogen-bond donors (Lipinski definition) is 0. The molecule has 0 N–H and O–H groups in total. The molecule has 0 bridgehead atoms. The second-order valence-corrected chi connectivity index (χ2v) is 7.47. The predicted molar refractivity (Wildman–Crippen MR) is 97.9 cm³/mol. The number of pyridine rings is 1. The minimum atomic E-state index is -0.0176. The van der Waals surface area contributed by atoms with E-state index in [-0.39, 0.29) is 23.8 Å². The number of nitrogens with zero attached hydrogens (tertiary/aromatic N) is 5. The van der Waals surface area contributed by atoms with E-state index in [4.69, 9.17) is 0 Å². The van der Waals surface area contributed by atoms with Crippen LogP contribution in [0.3, 0.4) is 0 Å². The molecule has 2 saturated heterocycles. The van der Waals surface area contributed by atoms with Crippen LogP contribution >= 0.6 is 0 Å². The van der Waals surface area contributed by atoms with Gasteiger partial charge in [0.1, 0.15) is 0 Å². The van der Waals surface area contributed by atoms with Gasteiger partial charge in [0.2, 0.25) is 5.91 Å². The molecule has 0 spiro atoms. The highest BCUT2D eigenvalue weighted by Crippen LogP contribution is 2.23. The predicted octanol–water partition coefficient (Wildman–Crippen LogP) is 0.959. The summed E-state index contributed by atoms with van der Waals surface area (Å²) in [6.07, 6.45) is 5.30. The number of rotatable bonds is 3. The normalized spacial score (nSPS) is 23.7. The van der Waals surface area contributed by atoms with Crippen molar-refractivity contribution in [2.75, 3.05) is 40.3 Å². The molecule has 26 heavy (non-hydrogen) atoms. The van der Waals surface area contributed by atoms with Gasteiger partial charge in [-0.3, -0.25) is 9.59 Å². The quantitative estimate of drug-likeness (QED) is 0.823. The molecule has 0 aliphatic carbocycles. The largest absolute Gasteiger partial charge is 0.340 e. The van der Waals surface area contributed by atoms with Gasteiger partial charge in [0.25, 0.3) is 5.91 Å². The molecule has 4 rings (SSSR count). The number of amides is 2. The zero-order chi connectivity index (χ0) is 18.3. The van der Waals surface area contributed by atoms with Gasteiger partial charge in [-0.15, -0.1) is 0 Å². The summed E-state index contributed by atoms with van der Waals surface area (Å²) in [5.74, 6) is 0.340. The van der Waals surface area contributed by atoms with Gasteiger partial charge in [0.05, 0.1) is 29.2 Å². The lowest BCUT2D eigenvalue weighted by Crippen LogP contribution is -2.41. The average Bonchev–Trinajstić information content (AvgIpc) is 3.39. The highest BCUT2D eigenvalue weighted by atomic mass is 16.2. The molecule has 0 radical (unpaired) electrons. The summed E-state index contributed by atoms with van der Waals surface area (Å²) in [5, 5.41) is 4.19. The number of carbonyl (C=O) groups is 2. The number of carbonyl (C=O) groups excluding carboxylic acids is 2. The molecule has 2 amide bonds. The number of aromatic nitrogens is 2. The van der Waals surface area contributed by atoms with Crippen molar-refractivity contribution in [2.24, 2.45) is 5.92 Å². The number of fused-ring (bicyclic) bond motifs is 1. The number of likely N-dealkylation sites (N-methyl/N-ethyl adjacent to an activating group) is 1. The van der Waals surface area contributed by atoms with E-state index < -0.39 is 0 Å². The Morgan fingerprint density at radius 2 is 2.04 bits per heavy atom. The summed E-state index contributed by atoms with van der Waals surface area (Å²) in [5.41, 5.74) is 1.46. The maximum Gasteiger partial charge on any atom is 0.256 e. The fourth-order valence-electron chi connectivity index (χ4n) is 4.14. The molecular formula is C19H25N5O2. The molecule has 2 aromatic rings. The molecule has 0 aromatic carbocycles. The summed E-state index contributed by atoms with van der Waals surface area (Å²) in [6, 6.07) is 5.58. The molecule has 2 aliphatic heterocycles. The Bertz CT molecular complexity index is 832. The molecule has 2 aromatic heterocycles. The van der Waals surface area contributed by atoms with E-state index in [1.807, 2.05) is 36.3 Å². The first-order valence-corrected chi connectivity index (χ1v) is 9.21. The van der Waals surface area contributed by atoms with E-state index >= 15 is 0 Å². The third kappa shape index (κ3) is 2.96. The fraction of sp³-hybridized carbons (Fsp3) is 0.526. The molecule has 2 aliphatic rings. The number of hydrogen-bond acceptors (Lipinski definition) is 4. The van der Waals surface area contributed by atoms with Gasteiger partial charge in [0, 0.05) is 32.9 Å². The van der Waals surface area contributed by atoms with Crippen molar-refractivity contribution < 1.29 is 9.59 Å². The average molecular weight is 355 g/mol. The summed E-state index contributed by atoms with van der Waals surface area (Å²) < 4.78 is 1.71. The minimum absolute atomic E-state index is 0.0176. The van der Waals surface area contributed by atoms with Crippen LogP contribution in [0.2, 0.25) is 0 Å². The fourth-order valence-corrected chi connectivity index (χ4v) is 4.14. The van der Waals surface area contributed by atoms with E-state index in [1.165, 1.54) is 0 Å². The molecule has 2 atom stereocenters. The van der Waals surface area contributed by atoms with Gasteiger partial charge in [-0.2, -0.15) is 5.10 Å². The van der Waals surface area contributed by atoms with Crippen LogP contribution in [0.4, 0.5) is 0 Å². The van der Waals surface area contributed by atoms with Crippen molar-refractivity contribution in [3.63, 3.8) is 0 Å². The zero-order valence-corrected chi connectivity index (χ0v) is 15.3. The smallest absolute Gasteiger partial charge is 0.256 e. The maximum atomic E-state index is 13.0. The first kappa shape index (κ1) is 17.0. The third-order valence-electron chi connectivity index (χ3n) is 5.75. The first-order chi connectivity index (χ1) is 12.5. The summed E-state index contributed by atoms with van der Waals surface area (Å²) in [7, 11) is 3.90. The Morgan fingerprint density at radius 3 is 2.81 bits per heavy atom. The molecule has 4 heterocycles. The van der Waals surface area contributed by atoms with Crippen molar-refractivity contribution in [3.05, 3.63) is 36.2 Å². The van der Waals surface area contributed by atoms with E-state index in [2.05, 4.69) is 17.0 Å². The monoisotopic (exact) mass is 355 g/mol. The Hall–Kier alpha value is -2.41. The van der Waals surface area contributed by atoms with Crippen LogP contribution in [0.5, 0.6) is 0 Å². The first-order valence-electron chi connectivity index (χ1n) is 9.21. The Kier molecular flexibility index (Phi) is 4.40. The molecular weight excluding hydrogens is 330 g/mol. The lowest BCUT2D eigenvalue weighted by atomic mass is 10.1. The van der Waals surface area contributed by atoms with E-state index in [9.17, 15) is 9.59 Å². The van der Waals surface area contributed by atoms with Gasteiger partial charge < -0.3 is 14.7 Å². The Morgan fingerprint density at radius 1 is 1.19 bits per heavy atom. The van der Waals surface area contributed by atoms with Crippen molar-refractivity contribution in [1.82, 2.24) is 24.3 Å².